The van der Waals surface area contributed by atoms with Crippen molar-refractivity contribution >= 4 is 17.8 Å². The van der Waals surface area contributed by atoms with Gasteiger partial charge in [-0.05, 0) is 6.92 Å². The molecule has 7 nitrogen and oxygen atoms in total. The summed E-state index contributed by atoms with van der Waals surface area (Å²) >= 11 is 0. The van der Waals surface area contributed by atoms with Crippen molar-refractivity contribution in [2.24, 2.45) is 0 Å². The van der Waals surface area contributed by atoms with Gasteiger partial charge in [0.1, 0.15) is 12.4 Å². The van der Waals surface area contributed by atoms with Gasteiger partial charge < -0.3 is 19.5 Å². The van der Waals surface area contributed by atoms with Crippen LogP contribution in [0.25, 0.3) is 0 Å². The molecule has 7 heteroatoms. The maximum atomic E-state index is 11.5. The number of amides is 2. The van der Waals surface area contributed by atoms with Crippen molar-refractivity contribution in [1.29, 1.82) is 0 Å². The average molecular weight is 239 g/mol. The van der Waals surface area contributed by atoms with Gasteiger partial charge in [0.25, 0.3) is 0 Å². The maximum absolute atomic E-state index is 11.5. The van der Waals surface area contributed by atoms with Crippen LogP contribution >= 0.6 is 0 Å². The molecule has 2 rings (SSSR count). The fourth-order valence-corrected chi connectivity index (χ4v) is 1.50. The van der Waals surface area contributed by atoms with E-state index in [2.05, 4.69) is 10.5 Å². The van der Waals surface area contributed by atoms with Gasteiger partial charge in [-0.25, -0.2) is 4.79 Å². The molecular weight excluding hydrogens is 226 g/mol. The minimum absolute atomic E-state index is 0.209. The van der Waals surface area contributed by atoms with E-state index < -0.39 is 0 Å². The summed E-state index contributed by atoms with van der Waals surface area (Å²) < 4.78 is 9.56. The lowest BCUT2D eigenvalue weighted by molar-refractivity contribution is -0.116. The van der Waals surface area contributed by atoms with E-state index in [9.17, 15) is 9.59 Å². The zero-order valence-corrected chi connectivity index (χ0v) is 9.43. The molecule has 92 valence electrons. The molecule has 1 saturated heterocycles. The Labute approximate surface area is 97.7 Å². The Hall–Kier alpha value is -2.05. The number of aromatic nitrogens is 1. The van der Waals surface area contributed by atoms with Crippen molar-refractivity contribution in [3.05, 3.63) is 11.8 Å². The first kappa shape index (κ1) is 11.4. The summed E-state index contributed by atoms with van der Waals surface area (Å²) in [6, 6.07) is 1.63. The molecule has 1 fully saturated rings. The van der Waals surface area contributed by atoms with Gasteiger partial charge in [0, 0.05) is 19.0 Å². The number of nitrogens with one attached hydrogen (secondary N) is 1. The molecule has 17 heavy (non-hydrogen) atoms. The van der Waals surface area contributed by atoms with E-state index in [1.165, 1.54) is 4.90 Å². The second kappa shape index (κ2) is 4.86. The Morgan fingerprint density at radius 1 is 1.65 bits per heavy atom. The number of hydrogen-bond acceptors (Lipinski definition) is 5. The lowest BCUT2D eigenvalue weighted by Crippen LogP contribution is -2.28. The number of carbonyl (C=O) groups is 2. The molecule has 1 aromatic rings. The third-order valence-corrected chi connectivity index (χ3v) is 2.35. The van der Waals surface area contributed by atoms with Crippen LogP contribution < -0.4 is 5.32 Å². The Morgan fingerprint density at radius 2 is 2.47 bits per heavy atom. The predicted molar refractivity (Wildman–Crippen MR) is 57.4 cm³/mol. The monoisotopic (exact) mass is 239 g/mol. The number of hydrogen-bond donors (Lipinski definition) is 1. The first-order valence-electron chi connectivity index (χ1n) is 5.30. The molecule has 0 bridgehead atoms. The van der Waals surface area contributed by atoms with Gasteiger partial charge in [-0.15, -0.1) is 0 Å². The summed E-state index contributed by atoms with van der Waals surface area (Å²) in [5, 5.41) is 6.22. The molecule has 1 N–H and O–H groups in total. The summed E-state index contributed by atoms with van der Waals surface area (Å²) in [6.07, 6.45) is -0.156. The third kappa shape index (κ3) is 2.96. The van der Waals surface area contributed by atoms with Crippen molar-refractivity contribution in [2.75, 3.05) is 25.0 Å². The van der Waals surface area contributed by atoms with E-state index in [1.54, 1.807) is 13.0 Å². The number of anilines is 1. The first-order valence-corrected chi connectivity index (χ1v) is 5.30. The number of carbonyl (C=O) groups excluding carboxylic acids is 2. The van der Waals surface area contributed by atoms with Crippen LogP contribution in [-0.4, -0.2) is 41.8 Å². The summed E-state index contributed by atoms with van der Waals surface area (Å²) in [4.78, 5) is 24.1. The lowest BCUT2D eigenvalue weighted by Gasteiger charge is -2.11. The molecule has 1 aromatic heterocycles. The smallest absolute Gasteiger partial charge is 0.409 e. The van der Waals surface area contributed by atoms with E-state index in [0.29, 0.717) is 31.3 Å². The Balaban J connectivity index is 1.76. The highest BCUT2D eigenvalue weighted by molar-refractivity contribution is 5.90. The molecule has 1 aliphatic heterocycles. The van der Waals surface area contributed by atoms with Crippen LogP contribution in [0.3, 0.4) is 0 Å². The van der Waals surface area contributed by atoms with Crippen LogP contribution in [0.2, 0.25) is 0 Å². The molecule has 0 aromatic carbocycles. The molecule has 0 radical (unpaired) electrons. The summed E-state index contributed by atoms with van der Waals surface area (Å²) in [7, 11) is 0. The fraction of sp³-hybridized carbons (Fsp3) is 0.500. The zero-order chi connectivity index (χ0) is 12.3. The molecule has 0 atom stereocenters. The SMILES string of the molecule is Cc1cc(NC(=O)CCN2CCOC2=O)no1. The van der Waals surface area contributed by atoms with E-state index >= 15 is 0 Å². The highest BCUT2D eigenvalue weighted by Gasteiger charge is 2.22. The Kier molecular flexibility index (Phi) is 3.27. The van der Waals surface area contributed by atoms with E-state index in [0.717, 1.165) is 0 Å². The van der Waals surface area contributed by atoms with Gasteiger partial charge in [-0.2, -0.15) is 0 Å². The largest absolute Gasteiger partial charge is 0.448 e. The first-order chi connectivity index (χ1) is 8.15. The quantitative estimate of drug-likeness (QED) is 0.838. The summed E-state index contributed by atoms with van der Waals surface area (Å²) in [5.41, 5.74) is 0. The molecule has 1 aliphatic rings. The Bertz CT molecular complexity index is 429. The van der Waals surface area contributed by atoms with Crippen LogP contribution in [0.4, 0.5) is 10.6 Å². The topological polar surface area (TPSA) is 84.7 Å². The minimum atomic E-state index is -0.366. The number of ether oxygens (including phenoxy) is 1. The molecule has 0 spiro atoms. The summed E-state index contributed by atoms with van der Waals surface area (Å²) in [6.45, 7) is 3.02. The van der Waals surface area contributed by atoms with E-state index in [1.807, 2.05) is 0 Å². The Morgan fingerprint density at radius 3 is 3.06 bits per heavy atom. The zero-order valence-electron chi connectivity index (χ0n) is 9.43. The fourth-order valence-electron chi connectivity index (χ4n) is 1.50. The second-order valence-corrected chi connectivity index (χ2v) is 3.72. The molecule has 0 unspecified atom stereocenters. The van der Waals surface area contributed by atoms with Gasteiger partial charge in [0.05, 0.1) is 6.54 Å². The highest BCUT2D eigenvalue weighted by atomic mass is 16.6. The van der Waals surface area contributed by atoms with Crippen LogP contribution in [-0.2, 0) is 9.53 Å². The van der Waals surface area contributed by atoms with Crippen molar-refractivity contribution in [1.82, 2.24) is 10.1 Å². The number of rotatable bonds is 4. The maximum Gasteiger partial charge on any atom is 0.409 e. The molecule has 2 heterocycles. The van der Waals surface area contributed by atoms with Gasteiger partial charge in [-0.1, -0.05) is 5.16 Å². The van der Waals surface area contributed by atoms with Crippen molar-refractivity contribution in [2.45, 2.75) is 13.3 Å². The number of nitrogens with zero attached hydrogens (tertiary/aromatic N) is 2. The molecular formula is C10H13N3O4. The highest BCUT2D eigenvalue weighted by Crippen LogP contribution is 2.08. The average Bonchev–Trinajstić information content (AvgIpc) is 2.85. The van der Waals surface area contributed by atoms with Crippen LogP contribution in [0.15, 0.2) is 10.6 Å². The third-order valence-electron chi connectivity index (χ3n) is 2.35. The van der Waals surface area contributed by atoms with Crippen LogP contribution in [0, 0.1) is 6.92 Å². The van der Waals surface area contributed by atoms with Crippen LogP contribution in [0.5, 0.6) is 0 Å². The minimum Gasteiger partial charge on any atom is -0.448 e. The van der Waals surface area contributed by atoms with Crippen molar-refractivity contribution < 1.29 is 18.8 Å². The molecule has 0 saturated carbocycles. The predicted octanol–water partition coefficient (Wildman–Crippen LogP) is 0.764. The van der Waals surface area contributed by atoms with E-state index in [-0.39, 0.29) is 18.4 Å². The van der Waals surface area contributed by atoms with Crippen molar-refractivity contribution in [3.8, 4) is 0 Å². The van der Waals surface area contributed by atoms with Gasteiger partial charge in [0.2, 0.25) is 5.91 Å². The van der Waals surface area contributed by atoms with E-state index in [4.69, 9.17) is 9.26 Å². The van der Waals surface area contributed by atoms with Crippen LogP contribution in [0.1, 0.15) is 12.2 Å². The summed E-state index contributed by atoms with van der Waals surface area (Å²) in [5.74, 6) is 0.804. The lowest BCUT2D eigenvalue weighted by atomic mass is 10.3. The van der Waals surface area contributed by atoms with Gasteiger partial charge >= 0.3 is 6.09 Å². The number of cyclic esters (lactones) is 1. The molecule has 0 aliphatic carbocycles. The second-order valence-electron chi connectivity index (χ2n) is 3.72. The number of aryl methyl sites for hydroxylation is 1. The standard InChI is InChI=1S/C10H13N3O4/c1-7-6-8(12-17-7)11-9(14)2-3-13-4-5-16-10(13)15/h6H,2-5H2,1H3,(H,11,12,14). The van der Waals surface area contributed by atoms with Gasteiger partial charge in [0.15, 0.2) is 5.82 Å². The van der Waals surface area contributed by atoms with Gasteiger partial charge in [-0.3, -0.25) is 4.79 Å². The molecule has 2 amide bonds. The van der Waals surface area contributed by atoms with Crippen molar-refractivity contribution in [3.63, 3.8) is 0 Å². The normalized spacial score (nSPS) is 14.9.